The van der Waals surface area contributed by atoms with E-state index in [2.05, 4.69) is 30.2 Å². The highest BCUT2D eigenvalue weighted by Gasteiger charge is 2.13. The van der Waals surface area contributed by atoms with E-state index in [-0.39, 0.29) is 0 Å². The predicted molar refractivity (Wildman–Crippen MR) is 79.1 cm³/mol. The monoisotopic (exact) mass is 265 g/mol. The Balaban J connectivity index is 1.84. The molecule has 1 aliphatic rings. The Morgan fingerprint density at radius 3 is 2.72 bits per heavy atom. The zero-order chi connectivity index (χ0) is 13.0. The summed E-state index contributed by atoms with van der Waals surface area (Å²) in [4.78, 5) is 7.10. The van der Waals surface area contributed by atoms with Crippen molar-refractivity contribution in [2.45, 2.75) is 58.5 Å². The van der Waals surface area contributed by atoms with Crippen molar-refractivity contribution < 1.29 is 0 Å². The first-order valence-corrected chi connectivity index (χ1v) is 7.59. The maximum atomic E-state index is 5.94. The Kier molecular flexibility index (Phi) is 4.64. The molecule has 0 unspecified atom stereocenters. The molecule has 100 valence electrons. The van der Waals surface area contributed by atoms with Gasteiger partial charge in [0.2, 0.25) is 0 Å². The molecule has 3 nitrogen and oxygen atoms in total. The fraction of sp³-hybridized carbons (Fsp3) is 0.643. The number of thiophene rings is 1. The van der Waals surface area contributed by atoms with Crippen molar-refractivity contribution >= 4 is 17.3 Å². The maximum Gasteiger partial charge on any atom is 0.189 e. The number of aryl methyl sites for hydroxylation is 2. The lowest BCUT2D eigenvalue weighted by Crippen LogP contribution is -2.41. The molecule has 0 amide bonds. The van der Waals surface area contributed by atoms with Gasteiger partial charge in [0.15, 0.2) is 5.96 Å². The first kappa shape index (κ1) is 13.4. The third-order valence-corrected chi connectivity index (χ3v) is 4.72. The van der Waals surface area contributed by atoms with Crippen molar-refractivity contribution in [1.29, 1.82) is 0 Å². The molecule has 18 heavy (non-hydrogen) atoms. The molecule has 1 heterocycles. The number of guanidine groups is 1. The Labute approximate surface area is 114 Å². The second kappa shape index (κ2) is 6.23. The lowest BCUT2D eigenvalue weighted by molar-refractivity contribution is 0.412. The van der Waals surface area contributed by atoms with Crippen LogP contribution in [0.15, 0.2) is 11.1 Å². The number of nitrogens with zero attached hydrogens (tertiary/aromatic N) is 1. The van der Waals surface area contributed by atoms with Crippen molar-refractivity contribution in [3.8, 4) is 0 Å². The average molecular weight is 265 g/mol. The minimum Gasteiger partial charge on any atom is -0.370 e. The second-order valence-electron chi connectivity index (χ2n) is 5.13. The summed E-state index contributed by atoms with van der Waals surface area (Å²) in [5, 5.41) is 3.34. The van der Waals surface area contributed by atoms with Gasteiger partial charge in [-0.15, -0.1) is 11.3 Å². The molecule has 0 aromatic carbocycles. The standard InChI is InChI=1S/C14H23N3S/c1-10-8-13(18-11(10)2)9-16-14(15)17-12-6-4-3-5-7-12/h8,12H,3-7,9H2,1-2H3,(H3,15,16,17). The summed E-state index contributed by atoms with van der Waals surface area (Å²) < 4.78 is 0. The van der Waals surface area contributed by atoms with Gasteiger partial charge in [-0.1, -0.05) is 19.3 Å². The molecule has 2 rings (SSSR count). The lowest BCUT2D eigenvalue weighted by atomic mass is 9.96. The minimum absolute atomic E-state index is 0.536. The summed E-state index contributed by atoms with van der Waals surface area (Å²) in [6.45, 7) is 4.99. The van der Waals surface area contributed by atoms with Crippen molar-refractivity contribution in [3.63, 3.8) is 0 Å². The molecule has 0 radical (unpaired) electrons. The quantitative estimate of drug-likeness (QED) is 0.652. The number of hydrogen-bond acceptors (Lipinski definition) is 2. The molecule has 1 aromatic rings. The summed E-state index contributed by atoms with van der Waals surface area (Å²) in [7, 11) is 0. The van der Waals surface area contributed by atoms with Crippen molar-refractivity contribution in [2.24, 2.45) is 10.7 Å². The molecular formula is C14H23N3S. The van der Waals surface area contributed by atoms with Gasteiger partial charge in [0.1, 0.15) is 0 Å². The van der Waals surface area contributed by atoms with Crippen LogP contribution in [-0.4, -0.2) is 12.0 Å². The number of rotatable bonds is 3. The van der Waals surface area contributed by atoms with Crippen molar-refractivity contribution in [3.05, 3.63) is 21.4 Å². The topological polar surface area (TPSA) is 50.4 Å². The molecule has 1 fully saturated rings. The fourth-order valence-corrected chi connectivity index (χ4v) is 3.37. The van der Waals surface area contributed by atoms with Crippen LogP contribution < -0.4 is 11.1 Å². The molecule has 1 aliphatic carbocycles. The highest BCUT2D eigenvalue weighted by atomic mass is 32.1. The highest BCUT2D eigenvalue weighted by molar-refractivity contribution is 7.12. The first-order chi connectivity index (χ1) is 8.65. The maximum absolute atomic E-state index is 5.94. The van der Waals surface area contributed by atoms with Gasteiger partial charge in [-0.05, 0) is 38.3 Å². The zero-order valence-electron chi connectivity index (χ0n) is 11.3. The van der Waals surface area contributed by atoms with E-state index in [1.165, 1.54) is 47.4 Å². The second-order valence-corrected chi connectivity index (χ2v) is 6.47. The number of nitrogens with two attached hydrogens (primary N) is 1. The van der Waals surface area contributed by atoms with Gasteiger partial charge in [-0.2, -0.15) is 0 Å². The van der Waals surface area contributed by atoms with E-state index >= 15 is 0 Å². The van der Waals surface area contributed by atoms with Crippen molar-refractivity contribution in [1.82, 2.24) is 5.32 Å². The van der Waals surface area contributed by atoms with Gasteiger partial charge >= 0.3 is 0 Å². The number of nitrogens with one attached hydrogen (secondary N) is 1. The minimum atomic E-state index is 0.536. The fourth-order valence-electron chi connectivity index (χ4n) is 2.39. The molecule has 1 saturated carbocycles. The Bertz CT molecular complexity index is 397. The van der Waals surface area contributed by atoms with E-state index in [1.54, 1.807) is 0 Å². The summed E-state index contributed by atoms with van der Waals surface area (Å²) in [6, 6.07) is 2.74. The Morgan fingerprint density at radius 1 is 1.39 bits per heavy atom. The molecule has 3 N–H and O–H groups in total. The lowest BCUT2D eigenvalue weighted by Gasteiger charge is -2.23. The summed E-state index contributed by atoms with van der Waals surface area (Å²) in [6.07, 6.45) is 6.45. The van der Waals surface area contributed by atoms with Crippen LogP contribution in [0.3, 0.4) is 0 Å². The molecule has 4 heteroatoms. The molecule has 0 saturated heterocycles. The van der Waals surface area contributed by atoms with Gasteiger partial charge in [-0.3, -0.25) is 0 Å². The molecule has 0 aliphatic heterocycles. The first-order valence-electron chi connectivity index (χ1n) is 6.77. The third kappa shape index (κ3) is 3.73. The summed E-state index contributed by atoms with van der Waals surface area (Å²) in [5.74, 6) is 0.602. The molecule has 0 spiro atoms. The Hall–Kier alpha value is -1.03. The van der Waals surface area contributed by atoms with Crippen LogP contribution in [0, 0.1) is 13.8 Å². The number of aliphatic imine (C=N–C) groups is 1. The smallest absolute Gasteiger partial charge is 0.189 e. The highest BCUT2D eigenvalue weighted by Crippen LogP contribution is 2.21. The van der Waals surface area contributed by atoms with Crippen LogP contribution in [0.5, 0.6) is 0 Å². The molecule has 0 bridgehead atoms. The average Bonchev–Trinajstić information content (AvgIpc) is 2.68. The normalized spacial score (nSPS) is 18.0. The van der Waals surface area contributed by atoms with Crippen LogP contribution in [0.2, 0.25) is 0 Å². The van der Waals surface area contributed by atoms with E-state index in [0.717, 1.165) is 0 Å². The van der Waals surface area contributed by atoms with E-state index < -0.39 is 0 Å². The van der Waals surface area contributed by atoms with Gasteiger partial charge in [0.25, 0.3) is 0 Å². The van der Waals surface area contributed by atoms with Crippen LogP contribution in [0.4, 0.5) is 0 Å². The third-order valence-electron chi connectivity index (χ3n) is 3.58. The molecule has 0 atom stereocenters. The SMILES string of the molecule is Cc1cc(CN=C(N)NC2CCCCC2)sc1C. The van der Waals surface area contributed by atoms with Gasteiger partial charge in [0.05, 0.1) is 6.54 Å². The zero-order valence-corrected chi connectivity index (χ0v) is 12.1. The van der Waals surface area contributed by atoms with Crippen molar-refractivity contribution in [2.75, 3.05) is 0 Å². The van der Waals surface area contributed by atoms with Crippen LogP contribution in [0.25, 0.3) is 0 Å². The van der Waals surface area contributed by atoms with E-state index in [0.29, 0.717) is 18.5 Å². The summed E-state index contributed by atoms with van der Waals surface area (Å²) in [5.41, 5.74) is 7.29. The van der Waals surface area contributed by atoms with Crippen LogP contribution >= 0.6 is 11.3 Å². The molecular weight excluding hydrogens is 242 g/mol. The van der Waals surface area contributed by atoms with E-state index in [4.69, 9.17) is 5.73 Å². The van der Waals surface area contributed by atoms with Gasteiger partial charge < -0.3 is 11.1 Å². The van der Waals surface area contributed by atoms with E-state index in [9.17, 15) is 0 Å². The van der Waals surface area contributed by atoms with Gasteiger partial charge in [-0.25, -0.2) is 4.99 Å². The number of hydrogen-bond donors (Lipinski definition) is 2. The Morgan fingerprint density at radius 2 is 2.11 bits per heavy atom. The molecule has 1 aromatic heterocycles. The van der Waals surface area contributed by atoms with Crippen LogP contribution in [0.1, 0.15) is 47.4 Å². The van der Waals surface area contributed by atoms with E-state index in [1.807, 2.05) is 11.3 Å². The van der Waals surface area contributed by atoms with Crippen LogP contribution in [-0.2, 0) is 6.54 Å². The predicted octanol–water partition coefficient (Wildman–Crippen LogP) is 3.10. The summed E-state index contributed by atoms with van der Waals surface area (Å²) >= 11 is 1.81. The van der Waals surface area contributed by atoms with Gasteiger partial charge in [0, 0.05) is 15.8 Å². The largest absolute Gasteiger partial charge is 0.370 e.